The van der Waals surface area contributed by atoms with Gasteiger partial charge in [-0.15, -0.1) is 11.3 Å². The molecule has 1 atom stereocenters. The Morgan fingerprint density at radius 2 is 2.38 bits per heavy atom. The Hall–Kier alpha value is -2.09. The van der Waals surface area contributed by atoms with Gasteiger partial charge in [-0.1, -0.05) is 6.07 Å². The summed E-state index contributed by atoms with van der Waals surface area (Å²) in [5, 5.41) is 9.44. The molecule has 124 valence electrons. The maximum Gasteiger partial charge on any atom is 0.158 e. The number of aryl methyl sites for hydroxylation is 1. The number of aromatic nitrogens is 4. The van der Waals surface area contributed by atoms with Crippen molar-refractivity contribution >= 4 is 11.3 Å². The highest BCUT2D eigenvalue weighted by Gasteiger charge is 2.25. The quantitative estimate of drug-likeness (QED) is 0.790. The van der Waals surface area contributed by atoms with Crippen LogP contribution in [0.2, 0.25) is 0 Å². The van der Waals surface area contributed by atoms with Crippen molar-refractivity contribution in [2.75, 3.05) is 19.7 Å². The first-order valence-electron chi connectivity index (χ1n) is 7.99. The maximum atomic E-state index is 5.88. The summed E-state index contributed by atoms with van der Waals surface area (Å²) in [6.07, 6.45) is 3.64. The van der Waals surface area contributed by atoms with E-state index in [1.54, 1.807) is 17.5 Å². The van der Waals surface area contributed by atoms with Crippen LogP contribution in [-0.4, -0.2) is 44.8 Å². The number of thiophene rings is 1. The fourth-order valence-corrected chi connectivity index (χ4v) is 3.69. The van der Waals surface area contributed by atoms with Gasteiger partial charge in [-0.05, 0) is 24.4 Å². The average Bonchev–Trinajstić information content (AvgIpc) is 3.26. The van der Waals surface area contributed by atoms with E-state index in [0.29, 0.717) is 6.61 Å². The van der Waals surface area contributed by atoms with Crippen molar-refractivity contribution in [3.8, 4) is 10.6 Å². The van der Waals surface area contributed by atoms with Gasteiger partial charge in [-0.25, -0.2) is 9.97 Å². The van der Waals surface area contributed by atoms with Crippen LogP contribution in [0.3, 0.4) is 0 Å². The van der Waals surface area contributed by atoms with E-state index in [0.717, 1.165) is 36.8 Å². The van der Waals surface area contributed by atoms with Crippen LogP contribution in [0.1, 0.15) is 23.2 Å². The Morgan fingerprint density at radius 1 is 1.42 bits per heavy atom. The lowest BCUT2D eigenvalue weighted by Crippen LogP contribution is -2.38. The van der Waals surface area contributed by atoms with Crippen molar-refractivity contribution in [2.45, 2.75) is 19.6 Å². The minimum absolute atomic E-state index is 0.0734. The fraction of sp³-hybridized carbons (Fsp3) is 0.353. The standard InChI is InChI=1S/C17H19N5OS/c1-12-4-5-18-17(20-12)14-11-22(6-7-23-14)10-13-9-19-21-16(13)15-3-2-8-24-15/h2-5,8-9,14H,6-7,10-11H2,1H3,(H,19,21). The number of hydrogen-bond donors (Lipinski definition) is 1. The van der Waals surface area contributed by atoms with Gasteiger partial charge in [-0.3, -0.25) is 10.00 Å². The van der Waals surface area contributed by atoms with Crippen molar-refractivity contribution in [2.24, 2.45) is 0 Å². The average molecular weight is 341 g/mol. The predicted octanol–water partition coefficient (Wildman–Crippen LogP) is 2.81. The van der Waals surface area contributed by atoms with E-state index in [-0.39, 0.29) is 6.10 Å². The third-order valence-corrected chi connectivity index (χ3v) is 5.02. The summed E-state index contributed by atoms with van der Waals surface area (Å²) >= 11 is 1.72. The summed E-state index contributed by atoms with van der Waals surface area (Å²) in [4.78, 5) is 12.5. The van der Waals surface area contributed by atoms with Crippen LogP contribution in [0, 0.1) is 6.92 Å². The molecule has 0 spiro atoms. The van der Waals surface area contributed by atoms with Gasteiger partial charge in [0.15, 0.2) is 5.82 Å². The van der Waals surface area contributed by atoms with Crippen LogP contribution in [-0.2, 0) is 11.3 Å². The summed E-state index contributed by atoms with van der Waals surface area (Å²) in [6.45, 7) is 5.20. The molecule has 1 aliphatic heterocycles. The molecule has 1 unspecified atom stereocenters. The zero-order valence-electron chi connectivity index (χ0n) is 13.5. The van der Waals surface area contributed by atoms with Crippen molar-refractivity contribution in [1.29, 1.82) is 0 Å². The van der Waals surface area contributed by atoms with Gasteiger partial charge < -0.3 is 4.74 Å². The highest BCUT2D eigenvalue weighted by Crippen LogP contribution is 2.28. The Morgan fingerprint density at radius 3 is 3.21 bits per heavy atom. The first-order chi connectivity index (χ1) is 11.8. The molecule has 7 heteroatoms. The molecule has 24 heavy (non-hydrogen) atoms. The van der Waals surface area contributed by atoms with Crippen molar-refractivity contribution in [1.82, 2.24) is 25.1 Å². The lowest BCUT2D eigenvalue weighted by Gasteiger charge is -2.32. The topological polar surface area (TPSA) is 66.9 Å². The lowest BCUT2D eigenvalue weighted by molar-refractivity contribution is -0.0372. The molecule has 0 aliphatic carbocycles. The number of rotatable bonds is 4. The summed E-state index contributed by atoms with van der Waals surface area (Å²) in [7, 11) is 0. The third-order valence-electron chi connectivity index (χ3n) is 4.13. The molecule has 1 N–H and O–H groups in total. The van der Waals surface area contributed by atoms with Crippen LogP contribution in [0.25, 0.3) is 10.6 Å². The van der Waals surface area contributed by atoms with E-state index < -0.39 is 0 Å². The molecular formula is C17H19N5OS. The molecule has 4 heterocycles. The molecule has 3 aromatic rings. The number of morpholine rings is 1. The van der Waals surface area contributed by atoms with Crippen LogP contribution in [0.15, 0.2) is 36.0 Å². The maximum absolute atomic E-state index is 5.88. The van der Waals surface area contributed by atoms with E-state index >= 15 is 0 Å². The van der Waals surface area contributed by atoms with E-state index in [4.69, 9.17) is 4.74 Å². The van der Waals surface area contributed by atoms with Gasteiger partial charge in [-0.2, -0.15) is 5.10 Å². The molecule has 0 radical (unpaired) electrons. The van der Waals surface area contributed by atoms with E-state index in [2.05, 4.69) is 42.6 Å². The smallest absolute Gasteiger partial charge is 0.158 e. The fourth-order valence-electron chi connectivity index (χ4n) is 2.93. The van der Waals surface area contributed by atoms with Gasteiger partial charge in [0.2, 0.25) is 0 Å². The predicted molar refractivity (Wildman–Crippen MR) is 92.6 cm³/mol. The van der Waals surface area contributed by atoms with Crippen LogP contribution >= 0.6 is 11.3 Å². The van der Waals surface area contributed by atoms with Crippen LogP contribution in [0.5, 0.6) is 0 Å². The van der Waals surface area contributed by atoms with E-state index in [1.807, 2.05) is 19.2 Å². The molecule has 0 aromatic carbocycles. The molecule has 1 fully saturated rings. The summed E-state index contributed by atoms with van der Waals surface area (Å²) < 4.78 is 5.88. The number of hydrogen-bond acceptors (Lipinski definition) is 6. The first kappa shape index (κ1) is 15.4. The monoisotopic (exact) mass is 341 g/mol. The van der Waals surface area contributed by atoms with Gasteiger partial charge in [0, 0.05) is 37.1 Å². The van der Waals surface area contributed by atoms with Crippen LogP contribution < -0.4 is 0 Å². The Labute approximate surface area is 144 Å². The van der Waals surface area contributed by atoms with Crippen molar-refractivity contribution in [3.05, 3.63) is 53.1 Å². The normalized spacial score (nSPS) is 18.8. The second kappa shape index (κ2) is 6.80. The lowest BCUT2D eigenvalue weighted by atomic mass is 10.1. The second-order valence-corrected chi connectivity index (χ2v) is 6.85. The highest BCUT2D eigenvalue weighted by molar-refractivity contribution is 7.13. The molecule has 6 nitrogen and oxygen atoms in total. The number of nitrogens with one attached hydrogen (secondary N) is 1. The molecule has 1 saturated heterocycles. The highest BCUT2D eigenvalue weighted by atomic mass is 32.1. The second-order valence-electron chi connectivity index (χ2n) is 5.90. The number of nitrogens with zero attached hydrogens (tertiary/aromatic N) is 4. The molecule has 0 bridgehead atoms. The summed E-state index contributed by atoms with van der Waals surface area (Å²) in [5.41, 5.74) is 3.29. The summed E-state index contributed by atoms with van der Waals surface area (Å²) in [6, 6.07) is 6.08. The molecule has 0 saturated carbocycles. The molecule has 0 amide bonds. The largest absolute Gasteiger partial charge is 0.368 e. The van der Waals surface area contributed by atoms with Gasteiger partial charge >= 0.3 is 0 Å². The SMILES string of the molecule is Cc1ccnc(C2CN(Cc3cn[nH]c3-c3cccs3)CCO2)n1. The van der Waals surface area contributed by atoms with E-state index in [1.165, 1.54) is 10.4 Å². The number of aromatic amines is 1. The zero-order valence-corrected chi connectivity index (χ0v) is 14.3. The summed E-state index contributed by atoms with van der Waals surface area (Å²) in [5.74, 6) is 0.769. The Balaban J connectivity index is 1.49. The van der Waals surface area contributed by atoms with Gasteiger partial charge in [0.25, 0.3) is 0 Å². The Bertz CT molecular complexity index is 801. The molecular weight excluding hydrogens is 322 g/mol. The van der Waals surface area contributed by atoms with Crippen molar-refractivity contribution in [3.63, 3.8) is 0 Å². The number of H-pyrrole nitrogens is 1. The minimum Gasteiger partial charge on any atom is -0.368 e. The van der Waals surface area contributed by atoms with Gasteiger partial charge in [0.05, 0.1) is 23.4 Å². The molecule has 1 aliphatic rings. The zero-order chi connectivity index (χ0) is 16.4. The van der Waals surface area contributed by atoms with E-state index in [9.17, 15) is 0 Å². The van der Waals surface area contributed by atoms with Crippen molar-refractivity contribution < 1.29 is 4.74 Å². The minimum atomic E-state index is -0.0734. The molecule has 4 rings (SSSR count). The van der Waals surface area contributed by atoms with Crippen LogP contribution in [0.4, 0.5) is 0 Å². The molecule has 3 aromatic heterocycles. The number of ether oxygens (including phenoxy) is 1. The first-order valence-corrected chi connectivity index (χ1v) is 8.87. The Kier molecular flexibility index (Phi) is 4.38. The third kappa shape index (κ3) is 3.24. The van der Waals surface area contributed by atoms with Gasteiger partial charge in [0.1, 0.15) is 6.10 Å².